The molecule has 0 bridgehead atoms. The second-order valence-electron chi connectivity index (χ2n) is 11.1. The average molecular weight is 418 g/mol. The van der Waals surface area contributed by atoms with Crippen LogP contribution < -0.4 is 0 Å². The quantitative estimate of drug-likeness (QED) is 0.471. The third-order valence-electron chi connectivity index (χ3n) is 8.23. The summed E-state index contributed by atoms with van der Waals surface area (Å²) in [5, 5.41) is 0.247. The molecule has 1 aromatic rings. The van der Waals surface area contributed by atoms with Gasteiger partial charge in [-0.1, -0.05) is 33.8 Å². The molecule has 0 aromatic carbocycles. The van der Waals surface area contributed by atoms with E-state index in [0.717, 1.165) is 32.3 Å². The van der Waals surface area contributed by atoms with Crippen LogP contribution in [0.4, 0.5) is 0 Å². The van der Waals surface area contributed by atoms with Gasteiger partial charge < -0.3 is 13.9 Å². The van der Waals surface area contributed by atoms with E-state index < -0.39 is 14.1 Å². The minimum atomic E-state index is -1.73. The monoisotopic (exact) mass is 417 g/mol. The Morgan fingerprint density at radius 1 is 1.24 bits per heavy atom. The lowest BCUT2D eigenvalue weighted by Gasteiger charge is -2.54. The van der Waals surface area contributed by atoms with E-state index in [-0.39, 0.29) is 10.5 Å². The van der Waals surface area contributed by atoms with Crippen molar-refractivity contribution >= 4 is 8.32 Å². The summed E-state index contributed by atoms with van der Waals surface area (Å²) in [7, 11) is -1.73. The van der Waals surface area contributed by atoms with Gasteiger partial charge in [0.15, 0.2) is 14.1 Å². The van der Waals surface area contributed by atoms with Crippen molar-refractivity contribution in [2.75, 3.05) is 19.8 Å². The van der Waals surface area contributed by atoms with E-state index >= 15 is 0 Å². The second-order valence-corrected chi connectivity index (χ2v) is 15.9. The van der Waals surface area contributed by atoms with Gasteiger partial charge in [-0.2, -0.15) is 0 Å². The molecular formula is C24H39NO3Si. The van der Waals surface area contributed by atoms with Crippen LogP contribution in [-0.4, -0.2) is 38.9 Å². The third kappa shape index (κ3) is 3.42. The molecule has 0 amide bonds. The molecule has 5 heteroatoms. The van der Waals surface area contributed by atoms with E-state index in [1.54, 1.807) is 0 Å². The number of aromatic nitrogens is 1. The van der Waals surface area contributed by atoms with Crippen molar-refractivity contribution in [2.45, 2.75) is 89.1 Å². The predicted molar refractivity (Wildman–Crippen MR) is 119 cm³/mol. The maximum Gasteiger partial charge on any atom is 0.191 e. The number of hydrogen-bond donors (Lipinski definition) is 0. The van der Waals surface area contributed by atoms with Gasteiger partial charge in [0, 0.05) is 24.9 Å². The molecule has 3 aliphatic rings. The summed E-state index contributed by atoms with van der Waals surface area (Å²) in [5.41, 5.74) is 2.55. The highest BCUT2D eigenvalue weighted by molar-refractivity contribution is 6.74. The van der Waals surface area contributed by atoms with Crippen LogP contribution in [0.1, 0.15) is 64.6 Å². The fourth-order valence-corrected chi connectivity index (χ4v) is 6.99. The smallest absolute Gasteiger partial charge is 0.191 e. The van der Waals surface area contributed by atoms with Crippen LogP contribution in [0.3, 0.4) is 0 Å². The molecule has 1 saturated carbocycles. The average Bonchev–Trinajstić information content (AvgIpc) is 3.22. The van der Waals surface area contributed by atoms with E-state index in [1.165, 1.54) is 17.7 Å². The standard InChI is InChI=1S/C24H39NO3Si/c1-18-15-19-16-21-20(9-7-11-25-21)23(19,24(17-18)26-13-14-27-24)10-8-12-28-29(5,6)22(2,3)4/h7,9,11,18-19H,8,10,12-17H2,1-6H3/t18-,19+,23+/m1/s1. The molecule has 1 aliphatic heterocycles. The molecule has 2 heterocycles. The zero-order valence-corrected chi connectivity index (χ0v) is 20.2. The Kier molecular flexibility index (Phi) is 5.51. The van der Waals surface area contributed by atoms with Gasteiger partial charge in [-0.25, -0.2) is 0 Å². The van der Waals surface area contributed by atoms with Gasteiger partial charge in [0.1, 0.15) is 0 Å². The minimum absolute atomic E-state index is 0.0869. The van der Waals surface area contributed by atoms with E-state index in [9.17, 15) is 0 Å². The number of fused-ring (bicyclic) bond motifs is 4. The van der Waals surface area contributed by atoms with Crippen LogP contribution in [0, 0.1) is 11.8 Å². The molecule has 162 valence electrons. The molecule has 0 radical (unpaired) electrons. The summed E-state index contributed by atoms with van der Waals surface area (Å²) < 4.78 is 19.5. The third-order valence-corrected chi connectivity index (χ3v) is 12.8. The first-order chi connectivity index (χ1) is 13.6. The zero-order valence-electron chi connectivity index (χ0n) is 19.2. The lowest BCUT2D eigenvalue weighted by molar-refractivity contribution is -0.249. The summed E-state index contributed by atoms with van der Waals surface area (Å²) in [6, 6.07) is 4.38. The highest BCUT2D eigenvalue weighted by atomic mass is 28.4. The molecule has 4 rings (SSSR count). The van der Waals surface area contributed by atoms with Crippen LogP contribution in [0.15, 0.2) is 18.3 Å². The van der Waals surface area contributed by atoms with Crippen molar-refractivity contribution in [2.24, 2.45) is 11.8 Å². The van der Waals surface area contributed by atoms with Crippen molar-refractivity contribution in [3.8, 4) is 0 Å². The molecule has 4 nitrogen and oxygen atoms in total. The SMILES string of the molecule is C[C@@H]1C[C@H]2Cc3ncccc3[C@@]2(CCCO[Si](C)(C)C(C)(C)C)C2(C1)OCCO2. The van der Waals surface area contributed by atoms with Gasteiger partial charge in [-0.05, 0) is 67.3 Å². The van der Waals surface area contributed by atoms with E-state index in [2.05, 4.69) is 52.9 Å². The Labute approximate surface area is 177 Å². The fourth-order valence-electron chi connectivity index (χ4n) is 5.90. The van der Waals surface area contributed by atoms with Gasteiger partial charge >= 0.3 is 0 Å². The molecule has 1 aromatic heterocycles. The van der Waals surface area contributed by atoms with Crippen LogP contribution in [-0.2, 0) is 25.7 Å². The van der Waals surface area contributed by atoms with Crippen molar-refractivity contribution in [1.82, 2.24) is 4.98 Å². The summed E-state index contributed by atoms with van der Waals surface area (Å²) in [4.78, 5) is 4.77. The summed E-state index contributed by atoms with van der Waals surface area (Å²) >= 11 is 0. The number of nitrogens with zero attached hydrogens (tertiary/aromatic N) is 1. The van der Waals surface area contributed by atoms with Gasteiger partial charge in [-0.3, -0.25) is 4.98 Å². The normalized spacial score (nSPS) is 31.1. The zero-order chi connectivity index (χ0) is 20.9. The first-order valence-corrected chi connectivity index (χ1v) is 14.4. The van der Waals surface area contributed by atoms with Crippen LogP contribution >= 0.6 is 0 Å². The van der Waals surface area contributed by atoms with Crippen LogP contribution in [0.2, 0.25) is 18.1 Å². The molecular weight excluding hydrogens is 378 g/mol. The summed E-state index contributed by atoms with van der Waals surface area (Å²) in [6.45, 7) is 16.2. The molecule has 29 heavy (non-hydrogen) atoms. The Balaban J connectivity index is 1.61. The first-order valence-electron chi connectivity index (χ1n) is 11.5. The Morgan fingerprint density at radius 3 is 2.66 bits per heavy atom. The largest absolute Gasteiger partial charge is 0.417 e. The fraction of sp³-hybridized carbons (Fsp3) is 0.792. The molecule has 1 spiro atoms. The Bertz CT molecular complexity index is 738. The minimum Gasteiger partial charge on any atom is -0.417 e. The van der Waals surface area contributed by atoms with Crippen molar-refractivity contribution in [1.29, 1.82) is 0 Å². The van der Waals surface area contributed by atoms with Gasteiger partial charge in [0.25, 0.3) is 0 Å². The molecule has 2 aliphatic carbocycles. The van der Waals surface area contributed by atoms with Crippen LogP contribution in [0.25, 0.3) is 0 Å². The molecule has 0 unspecified atom stereocenters. The van der Waals surface area contributed by atoms with E-state index in [1.807, 2.05) is 6.20 Å². The maximum absolute atomic E-state index is 6.53. The molecule has 1 saturated heterocycles. The number of pyridine rings is 1. The Hall–Kier alpha value is -0.753. The van der Waals surface area contributed by atoms with Gasteiger partial charge in [0.05, 0.1) is 18.6 Å². The summed E-state index contributed by atoms with van der Waals surface area (Å²) in [5.74, 6) is 0.673. The number of hydrogen-bond acceptors (Lipinski definition) is 4. The maximum atomic E-state index is 6.53. The van der Waals surface area contributed by atoms with Crippen molar-refractivity contribution < 1.29 is 13.9 Å². The Morgan fingerprint density at radius 2 is 1.97 bits per heavy atom. The first kappa shape index (κ1) is 21.5. The van der Waals surface area contributed by atoms with Crippen molar-refractivity contribution in [3.05, 3.63) is 29.6 Å². The van der Waals surface area contributed by atoms with E-state index in [4.69, 9.17) is 18.9 Å². The topological polar surface area (TPSA) is 40.6 Å². The number of ether oxygens (including phenoxy) is 2. The van der Waals surface area contributed by atoms with Crippen molar-refractivity contribution in [3.63, 3.8) is 0 Å². The highest BCUT2D eigenvalue weighted by Gasteiger charge is 2.65. The molecule has 2 fully saturated rings. The lowest BCUT2D eigenvalue weighted by atomic mass is 9.57. The molecule has 3 atom stereocenters. The summed E-state index contributed by atoms with van der Waals surface area (Å²) in [6.07, 6.45) is 7.31. The van der Waals surface area contributed by atoms with Gasteiger partial charge in [0.2, 0.25) is 0 Å². The van der Waals surface area contributed by atoms with E-state index in [0.29, 0.717) is 25.0 Å². The predicted octanol–water partition coefficient (Wildman–Crippen LogP) is 5.47. The second kappa shape index (κ2) is 7.43. The van der Waals surface area contributed by atoms with Gasteiger partial charge in [-0.15, -0.1) is 0 Å². The lowest BCUT2D eigenvalue weighted by Crippen LogP contribution is -2.59. The highest BCUT2D eigenvalue weighted by Crippen LogP contribution is 2.62. The number of rotatable bonds is 5. The molecule has 0 N–H and O–H groups in total. The van der Waals surface area contributed by atoms with Crippen LogP contribution in [0.5, 0.6) is 0 Å².